The van der Waals surface area contributed by atoms with Gasteiger partial charge in [0.25, 0.3) is 11.5 Å². The highest BCUT2D eigenvalue weighted by Crippen LogP contribution is 2.24. The van der Waals surface area contributed by atoms with Crippen molar-refractivity contribution in [2.75, 3.05) is 31.1 Å². The normalized spacial score (nSPS) is 16.4. The molecule has 1 saturated heterocycles. The fourth-order valence-corrected chi connectivity index (χ4v) is 4.21. The number of pyridine rings is 1. The number of carbonyl (C=O) groups is 1. The lowest BCUT2D eigenvalue weighted by Gasteiger charge is -2.35. The minimum absolute atomic E-state index is 0.178. The van der Waals surface area contributed by atoms with E-state index in [0.29, 0.717) is 26.2 Å². The molecule has 0 unspecified atom stereocenters. The molecule has 2 aromatic heterocycles. The van der Waals surface area contributed by atoms with Crippen LogP contribution < -0.4 is 10.5 Å². The van der Waals surface area contributed by atoms with E-state index >= 15 is 0 Å². The molecule has 0 saturated carbocycles. The highest BCUT2D eigenvalue weighted by atomic mass is 16.2. The second-order valence-corrected chi connectivity index (χ2v) is 7.36. The first-order valence-electron chi connectivity index (χ1n) is 9.70. The van der Waals surface area contributed by atoms with Crippen molar-refractivity contribution in [2.45, 2.75) is 19.3 Å². The van der Waals surface area contributed by atoms with Gasteiger partial charge in [-0.1, -0.05) is 12.1 Å². The van der Waals surface area contributed by atoms with Gasteiger partial charge in [-0.25, -0.2) is 9.97 Å². The van der Waals surface area contributed by atoms with Crippen molar-refractivity contribution in [3.05, 3.63) is 63.8 Å². The number of hydrogen-bond acceptors (Lipinski definition) is 5. The Morgan fingerprint density at radius 1 is 1.04 bits per heavy atom. The van der Waals surface area contributed by atoms with Crippen molar-refractivity contribution in [1.82, 2.24) is 19.9 Å². The molecule has 1 aromatic carbocycles. The summed E-state index contributed by atoms with van der Waals surface area (Å²) in [5.41, 5.74) is 3.00. The molecule has 5 rings (SSSR count). The van der Waals surface area contributed by atoms with Crippen LogP contribution in [0.2, 0.25) is 0 Å². The standard InChI is InChI=1S/C21H21N5O2/c27-20-16(12-14-4-3-7-17(14)24-20)21(28)26-10-8-25(9-11-26)19-15-5-1-2-6-18(15)22-13-23-19/h1-2,5-6,12-13H,3-4,7-11H2,(H,24,27). The summed E-state index contributed by atoms with van der Waals surface area (Å²) in [6.07, 6.45) is 4.44. The number of hydrogen-bond donors (Lipinski definition) is 1. The van der Waals surface area contributed by atoms with Crippen LogP contribution in [0, 0.1) is 0 Å². The Hall–Kier alpha value is -3.22. The van der Waals surface area contributed by atoms with E-state index in [2.05, 4.69) is 19.9 Å². The number of fused-ring (bicyclic) bond motifs is 2. The van der Waals surface area contributed by atoms with E-state index in [0.717, 1.165) is 47.2 Å². The van der Waals surface area contributed by atoms with Gasteiger partial charge in [-0.15, -0.1) is 0 Å². The summed E-state index contributed by atoms with van der Waals surface area (Å²) in [6.45, 7) is 2.48. The molecule has 7 nitrogen and oxygen atoms in total. The molecule has 1 fully saturated rings. The largest absolute Gasteiger partial charge is 0.352 e. The number of H-pyrrole nitrogens is 1. The predicted octanol–water partition coefficient (Wildman–Crippen LogP) is 1.77. The third-order valence-electron chi connectivity index (χ3n) is 5.71. The number of para-hydroxylation sites is 1. The zero-order valence-electron chi connectivity index (χ0n) is 15.5. The van der Waals surface area contributed by atoms with E-state index in [1.54, 1.807) is 17.3 Å². The molecular weight excluding hydrogens is 354 g/mol. The number of piperazine rings is 1. The van der Waals surface area contributed by atoms with E-state index in [-0.39, 0.29) is 17.0 Å². The molecule has 2 aliphatic rings. The molecule has 28 heavy (non-hydrogen) atoms. The van der Waals surface area contributed by atoms with Crippen LogP contribution in [-0.4, -0.2) is 51.9 Å². The summed E-state index contributed by atoms with van der Waals surface area (Å²) in [6, 6.07) is 9.74. The van der Waals surface area contributed by atoms with Crippen LogP contribution in [0.1, 0.15) is 28.0 Å². The molecule has 0 spiro atoms. The van der Waals surface area contributed by atoms with Gasteiger partial charge in [0.1, 0.15) is 17.7 Å². The average molecular weight is 375 g/mol. The first-order valence-corrected chi connectivity index (χ1v) is 9.70. The molecule has 1 aliphatic carbocycles. The van der Waals surface area contributed by atoms with Crippen LogP contribution in [0.4, 0.5) is 5.82 Å². The van der Waals surface area contributed by atoms with Gasteiger partial charge in [0.05, 0.1) is 5.52 Å². The maximum absolute atomic E-state index is 12.9. The third kappa shape index (κ3) is 2.83. The number of aryl methyl sites for hydroxylation is 2. The van der Waals surface area contributed by atoms with Crippen molar-refractivity contribution in [1.29, 1.82) is 0 Å². The zero-order chi connectivity index (χ0) is 19.1. The highest BCUT2D eigenvalue weighted by Gasteiger charge is 2.26. The second-order valence-electron chi connectivity index (χ2n) is 7.36. The van der Waals surface area contributed by atoms with Crippen LogP contribution in [0.25, 0.3) is 10.9 Å². The average Bonchev–Trinajstić information content (AvgIpc) is 3.19. The van der Waals surface area contributed by atoms with Crippen molar-refractivity contribution in [3.63, 3.8) is 0 Å². The number of aromatic amines is 1. The molecule has 7 heteroatoms. The summed E-state index contributed by atoms with van der Waals surface area (Å²) in [4.78, 5) is 40.9. The molecule has 1 N–H and O–H groups in total. The van der Waals surface area contributed by atoms with Crippen molar-refractivity contribution < 1.29 is 4.79 Å². The van der Waals surface area contributed by atoms with Crippen LogP contribution in [0.5, 0.6) is 0 Å². The molecule has 3 heterocycles. The Labute approximate surface area is 162 Å². The molecule has 0 radical (unpaired) electrons. The number of benzene rings is 1. The minimum Gasteiger partial charge on any atom is -0.352 e. The number of aromatic nitrogens is 3. The van der Waals surface area contributed by atoms with E-state index in [1.807, 2.05) is 24.3 Å². The van der Waals surface area contributed by atoms with E-state index in [9.17, 15) is 9.59 Å². The van der Waals surface area contributed by atoms with Gasteiger partial charge in [-0.3, -0.25) is 9.59 Å². The number of anilines is 1. The SMILES string of the molecule is O=C(c1cc2c([nH]c1=O)CCC2)N1CCN(c2ncnc3ccccc23)CC1. The zero-order valence-corrected chi connectivity index (χ0v) is 15.5. The molecule has 3 aromatic rings. The fraction of sp³-hybridized carbons (Fsp3) is 0.333. The third-order valence-corrected chi connectivity index (χ3v) is 5.71. The molecule has 142 valence electrons. The summed E-state index contributed by atoms with van der Waals surface area (Å²) < 4.78 is 0. The van der Waals surface area contributed by atoms with Gasteiger partial charge in [0, 0.05) is 37.3 Å². The highest BCUT2D eigenvalue weighted by molar-refractivity contribution is 5.94. The molecule has 0 atom stereocenters. The van der Waals surface area contributed by atoms with E-state index < -0.39 is 0 Å². The minimum atomic E-state index is -0.269. The quantitative estimate of drug-likeness (QED) is 0.738. The first-order chi connectivity index (χ1) is 13.7. The number of amides is 1. The van der Waals surface area contributed by atoms with Gasteiger partial charge in [-0.2, -0.15) is 0 Å². The van der Waals surface area contributed by atoms with Crippen LogP contribution in [-0.2, 0) is 12.8 Å². The number of nitrogens with zero attached hydrogens (tertiary/aromatic N) is 4. The van der Waals surface area contributed by atoms with Crippen LogP contribution in [0.3, 0.4) is 0 Å². The monoisotopic (exact) mass is 375 g/mol. The maximum atomic E-state index is 12.9. The van der Waals surface area contributed by atoms with Gasteiger partial charge >= 0.3 is 0 Å². The summed E-state index contributed by atoms with van der Waals surface area (Å²) in [7, 11) is 0. The van der Waals surface area contributed by atoms with Crippen molar-refractivity contribution in [2.24, 2.45) is 0 Å². The Bertz CT molecular complexity index is 1110. The Kier molecular flexibility index (Phi) is 4.07. The summed E-state index contributed by atoms with van der Waals surface area (Å²) in [5, 5.41) is 1.01. The van der Waals surface area contributed by atoms with Gasteiger partial charge in [0.2, 0.25) is 0 Å². The second kappa shape index (κ2) is 6.74. The number of rotatable bonds is 2. The first kappa shape index (κ1) is 16.9. The predicted molar refractivity (Wildman–Crippen MR) is 107 cm³/mol. The lowest BCUT2D eigenvalue weighted by Crippen LogP contribution is -2.50. The van der Waals surface area contributed by atoms with Gasteiger partial charge in [-0.05, 0) is 43.0 Å². The summed E-state index contributed by atoms with van der Waals surface area (Å²) in [5.74, 6) is 0.719. The van der Waals surface area contributed by atoms with Crippen LogP contribution in [0.15, 0.2) is 41.5 Å². The smallest absolute Gasteiger partial charge is 0.261 e. The lowest BCUT2D eigenvalue weighted by atomic mass is 10.1. The van der Waals surface area contributed by atoms with Crippen molar-refractivity contribution >= 4 is 22.6 Å². The molecule has 1 aliphatic heterocycles. The number of nitrogens with one attached hydrogen (secondary N) is 1. The van der Waals surface area contributed by atoms with E-state index in [1.165, 1.54) is 0 Å². The van der Waals surface area contributed by atoms with Crippen molar-refractivity contribution in [3.8, 4) is 0 Å². The van der Waals surface area contributed by atoms with Gasteiger partial charge < -0.3 is 14.8 Å². The molecular formula is C21H21N5O2. The number of carbonyl (C=O) groups excluding carboxylic acids is 1. The molecule has 1 amide bonds. The summed E-state index contributed by atoms with van der Waals surface area (Å²) >= 11 is 0. The topological polar surface area (TPSA) is 82.2 Å². The maximum Gasteiger partial charge on any atom is 0.261 e. The molecule has 0 bridgehead atoms. The van der Waals surface area contributed by atoms with Crippen LogP contribution >= 0.6 is 0 Å². The lowest BCUT2D eigenvalue weighted by molar-refractivity contribution is 0.0744. The van der Waals surface area contributed by atoms with E-state index in [4.69, 9.17) is 0 Å². The Balaban J connectivity index is 1.35. The van der Waals surface area contributed by atoms with Gasteiger partial charge in [0.15, 0.2) is 0 Å². The Morgan fingerprint density at radius 2 is 1.86 bits per heavy atom. The Morgan fingerprint density at radius 3 is 2.71 bits per heavy atom. The fourth-order valence-electron chi connectivity index (χ4n) is 4.21.